The minimum Gasteiger partial charge on any atom is -0.447 e. The molecule has 0 saturated carbocycles. The van der Waals surface area contributed by atoms with Gasteiger partial charge in [-0.2, -0.15) is 0 Å². The van der Waals surface area contributed by atoms with Crippen molar-refractivity contribution in [3.8, 4) is 0 Å². The summed E-state index contributed by atoms with van der Waals surface area (Å²) in [6.45, 7) is 0.325. The minimum atomic E-state index is -0.397. The molecular weight excluding hydrogens is 316 g/mol. The summed E-state index contributed by atoms with van der Waals surface area (Å²) in [4.78, 5) is 15.0. The van der Waals surface area contributed by atoms with Crippen LogP contribution < -0.4 is 5.32 Å². The summed E-state index contributed by atoms with van der Waals surface area (Å²) < 4.78 is 6.52. The Morgan fingerprint density at radius 1 is 1.57 bits per heavy atom. The molecule has 1 unspecified atom stereocenters. The van der Waals surface area contributed by atoms with E-state index in [0.717, 1.165) is 14.6 Å². The number of nitrogens with zero attached hydrogens (tertiary/aromatic N) is 1. The highest BCUT2D eigenvalue weighted by Crippen LogP contribution is 2.26. The van der Waals surface area contributed by atoms with Crippen LogP contribution in [0.4, 0.5) is 4.79 Å². The number of amides is 1. The summed E-state index contributed by atoms with van der Waals surface area (Å²) in [5.41, 5.74) is 0.777. The highest BCUT2D eigenvalue weighted by molar-refractivity contribution is 9.11. The molecule has 2 heterocycles. The molecule has 6 heteroatoms. The number of halogens is 2. The van der Waals surface area contributed by atoms with E-state index in [1.54, 1.807) is 6.20 Å². The van der Waals surface area contributed by atoms with Gasteiger partial charge in [0.25, 0.3) is 0 Å². The summed E-state index contributed by atoms with van der Waals surface area (Å²) in [7, 11) is 0. The fraction of sp³-hybridized carbons (Fsp3) is 0.250. The maximum Gasteiger partial charge on any atom is 0.407 e. The molecule has 0 bridgehead atoms. The van der Waals surface area contributed by atoms with E-state index in [9.17, 15) is 4.79 Å². The molecule has 0 aliphatic carbocycles. The van der Waals surface area contributed by atoms with Gasteiger partial charge in [0.2, 0.25) is 0 Å². The highest BCUT2D eigenvalue weighted by Gasteiger charge is 2.26. The van der Waals surface area contributed by atoms with Crippen LogP contribution in [0.1, 0.15) is 11.7 Å². The largest absolute Gasteiger partial charge is 0.447 e. The Morgan fingerprint density at radius 3 is 2.93 bits per heavy atom. The molecular formula is C8H6Br2N2O2. The number of rotatable bonds is 1. The first kappa shape index (κ1) is 9.92. The van der Waals surface area contributed by atoms with E-state index in [0.29, 0.717) is 6.61 Å². The van der Waals surface area contributed by atoms with Crippen molar-refractivity contribution < 1.29 is 9.53 Å². The standard InChI is InChI=1S/C8H6Br2N2O2/c9-4-1-5(10)7(11-2-4)6-3-14-8(13)12-6/h1-2,6H,3H2,(H,12,13). The average Bonchev–Trinajstić information content (AvgIpc) is 2.51. The molecule has 2 rings (SSSR count). The Morgan fingerprint density at radius 2 is 2.36 bits per heavy atom. The maximum absolute atomic E-state index is 10.8. The average molecular weight is 322 g/mol. The number of alkyl carbamates (subject to hydrolysis) is 1. The zero-order chi connectivity index (χ0) is 10.1. The number of ether oxygens (including phenoxy) is 1. The van der Waals surface area contributed by atoms with Gasteiger partial charge in [-0.05, 0) is 37.9 Å². The van der Waals surface area contributed by atoms with E-state index >= 15 is 0 Å². The first-order valence-corrected chi connectivity index (χ1v) is 5.49. The van der Waals surface area contributed by atoms with Gasteiger partial charge >= 0.3 is 6.09 Å². The maximum atomic E-state index is 10.8. The lowest BCUT2D eigenvalue weighted by Crippen LogP contribution is -2.19. The van der Waals surface area contributed by atoms with Gasteiger partial charge in [0.05, 0.1) is 5.69 Å². The number of nitrogens with one attached hydrogen (secondary N) is 1. The molecule has 0 radical (unpaired) electrons. The third kappa shape index (κ3) is 1.90. The van der Waals surface area contributed by atoms with Crippen LogP contribution in [0.3, 0.4) is 0 Å². The Kier molecular flexibility index (Phi) is 2.73. The van der Waals surface area contributed by atoms with Gasteiger partial charge in [0.15, 0.2) is 0 Å². The molecule has 4 nitrogen and oxygen atoms in total. The zero-order valence-electron chi connectivity index (χ0n) is 6.96. The van der Waals surface area contributed by atoms with Crippen molar-refractivity contribution in [1.82, 2.24) is 10.3 Å². The van der Waals surface area contributed by atoms with Crippen molar-refractivity contribution in [2.75, 3.05) is 6.61 Å². The Hall–Kier alpha value is -0.620. The normalized spacial score (nSPS) is 20.4. The number of carbonyl (C=O) groups excluding carboxylic acids is 1. The van der Waals surface area contributed by atoms with Gasteiger partial charge in [-0.25, -0.2) is 4.79 Å². The Balaban J connectivity index is 2.28. The molecule has 0 aromatic carbocycles. The Bertz CT molecular complexity index is 384. The quantitative estimate of drug-likeness (QED) is 0.864. The molecule has 1 aromatic rings. The van der Waals surface area contributed by atoms with Gasteiger partial charge in [0.1, 0.15) is 12.6 Å². The lowest BCUT2D eigenvalue weighted by atomic mass is 10.2. The van der Waals surface area contributed by atoms with Crippen molar-refractivity contribution in [2.45, 2.75) is 6.04 Å². The van der Waals surface area contributed by atoms with Gasteiger partial charge in [-0.3, -0.25) is 4.98 Å². The molecule has 1 amide bonds. The van der Waals surface area contributed by atoms with Crippen LogP contribution in [-0.4, -0.2) is 17.7 Å². The number of aromatic nitrogens is 1. The summed E-state index contributed by atoms with van der Waals surface area (Å²) in [6.07, 6.45) is 1.29. The van der Waals surface area contributed by atoms with Crippen molar-refractivity contribution in [2.24, 2.45) is 0 Å². The van der Waals surface area contributed by atoms with E-state index in [1.165, 1.54) is 0 Å². The molecule has 1 aliphatic rings. The Labute approximate surface area is 97.3 Å². The highest BCUT2D eigenvalue weighted by atomic mass is 79.9. The van der Waals surface area contributed by atoms with Gasteiger partial charge in [-0.1, -0.05) is 0 Å². The molecule has 74 valence electrons. The minimum absolute atomic E-state index is 0.162. The van der Waals surface area contributed by atoms with Crippen LogP contribution >= 0.6 is 31.9 Å². The van der Waals surface area contributed by atoms with E-state index < -0.39 is 6.09 Å². The molecule has 0 spiro atoms. The first-order chi connectivity index (χ1) is 6.66. The van der Waals surface area contributed by atoms with E-state index in [2.05, 4.69) is 42.2 Å². The number of carbonyl (C=O) groups is 1. The summed E-state index contributed by atoms with van der Waals surface area (Å²) in [5.74, 6) is 0. The molecule has 14 heavy (non-hydrogen) atoms. The first-order valence-electron chi connectivity index (χ1n) is 3.91. The van der Waals surface area contributed by atoms with E-state index in [4.69, 9.17) is 4.74 Å². The van der Waals surface area contributed by atoms with Crippen LogP contribution in [-0.2, 0) is 4.74 Å². The SMILES string of the molecule is O=C1NC(c2ncc(Br)cc2Br)CO1. The zero-order valence-corrected chi connectivity index (χ0v) is 10.1. The van der Waals surface area contributed by atoms with Crippen LogP contribution in [0.25, 0.3) is 0 Å². The summed E-state index contributed by atoms with van der Waals surface area (Å²) in [6, 6.07) is 1.72. The third-order valence-corrected chi connectivity index (χ3v) is 2.91. The van der Waals surface area contributed by atoms with Crippen molar-refractivity contribution >= 4 is 38.0 Å². The fourth-order valence-electron chi connectivity index (χ4n) is 1.21. The van der Waals surface area contributed by atoms with E-state index in [1.807, 2.05) is 6.07 Å². The predicted octanol–water partition coefficient (Wildman–Crippen LogP) is 2.39. The number of hydrogen-bond acceptors (Lipinski definition) is 3. The van der Waals surface area contributed by atoms with Gasteiger partial charge in [-0.15, -0.1) is 0 Å². The lowest BCUT2D eigenvalue weighted by molar-refractivity contribution is 0.177. The van der Waals surface area contributed by atoms with Crippen molar-refractivity contribution in [3.63, 3.8) is 0 Å². The lowest BCUT2D eigenvalue weighted by Gasteiger charge is -2.08. The predicted molar refractivity (Wildman–Crippen MR) is 56.9 cm³/mol. The van der Waals surface area contributed by atoms with Gasteiger partial charge in [0, 0.05) is 15.1 Å². The molecule has 1 fully saturated rings. The van der Waals surface area contributed by atoms with Gasteiger partial charge < -0.3 is 10.1 Å². The molecule has 1 atom stereocenters. The second-order valence-electron chi connectivity index (χ2n) is 2.82. The molecule has 1 saturated heterocycles. The van der Waals surface area contributed by atoms with Crippen molar-refractivity contribution in [3.05, 3.63) is 26.9 Å². The fourth-order valence-corrected chi connectivity index (χ4v) is 2.48. The second kappa shape index (κ2) is 3.86. The third-order valence-electron chi connectivity index (χ3n) is 1.84. The van der Waals surface area contributed by atoms with Crippen LogP contribution in [0.5, 0.6) is 0 Å². The van der Waals surface area contributed by atoms with Crippen LogP contribution in [0.2, 0.25) is 0 Å². The van der Waals surface area contributed by atoms with Crippen LogP contribution in [0, 0.1) is 0 Å². The van der Waals surface area contributed by atoms with Crippen LogP contribution in [0.15, 0.2) is 21.2 Å². The van der Waals surface area contributed by atoms with Crippen molar-refractivity contribution in [1.29, 1.82) is 0 Å². The molecule has 1 N–H and O–H groups in total. The second-order valence-corrected chi connectivity index (χ2v) is 4.59. The summed E-state index contributed by atoms with van der Waals surface area (Å²) in [5, 5.41) is 2.66. The smallest absolute Gasteiger partial charge is 0.407 e. The van der Waals surface area contributed by atoms with E-state index in [-0.39, 0.29) is 6.04 Å². The monoisotopic (exact) mass is 320 g/mol. The number of pyridine rings is 1. The number of cyclic esters (lactones) is 1. The molecule has 1 aromatic heterocycles. The molecule has 1 aliphatic heterocycles. The number of hydrogen-bond donors (Lipinski definition) is 1. The summed E-state index contributed by atoms with van der Waals surface area (Å²) >= 11 is 6.68. The topological polar surface area (TPSA) is 51.2 Å².